The van der Waals surface area contributed by atoms with Gasteiger partial charge in [0.2, 0.25) is 0 Å². The highest BCUT2D eigenvalue weighted by Gasteiger charge is 2.31. The summed E-state index contributed by atoms with van der Waals surface area (Å²) >= 11 is 0. The van der Waals surface area contributed by atoms with E-state index in [0.29, 0.717) is 6.20 Å². The van der Waals surface area contributed by atoms with E-state index in [0.717, 1.165) is 23.0 Å². The van der Waals surface area contributed by atoms with Gasteiger partial charge in [-0.2, -0.15) is 31.4 Å². The van der Waals surface area contributed by atoms with Gasteiger partial charge in [-0.15, -0.1) is 0 Å². The Labute approximate surface area is 182 Å². The number of aromatic nitrogens is 3. The first-order valence-corrected chi connectivity index (χ1v) is 9.20. The number of para-hydroxylation sites is 1. The lowest BCUT2D eigenvalue weighted by molar-refractivity contribution is -0.137. The van der Waals surface area contributed by atoms with Crippen molar-refractivity contribution in [3.63, 3.8) is 0 Å². The molecule has 3 aromatic rings. The van der Waals surface area contributed by atoms with E-state index in [-0.39, 0.29) is 28.3 Å². The van der Waals surface area contributed by atoms with E-state index in [2.05, 4.69) is 15.4 Å². The summed E-state index contributed by atoms with van der Waals surface area (Å²) in [6, 6.07) is 7.36. The van der Waals surface area contributed by atoms with Crippen LogP contribution in [0.4, 0.5) is 32.0 Å². The Hall–Kier alpha value is -3.90. The molecule has 0 saturated heterocycles. The topological polar surface area (TPSA) is 88.9 Å². The minimum atomic E-state index is -4.61. The van der Waals surface area contributed by atoms with Crippen LogP contribution < -0.4 is 10.6 Å². The molecule has 13 heteroatoms. The highest BCUT2D eigenvalue weighted by molar-refractivity contribution is 6.09. The number of halogens is 6. The van der Waals surface area contributed by atoms with Crippen molar-refractivity contribution in [1.29, 1.82) is 0 Å². The summed E-state index contributed by atoms with van der Waals surface area (Å²) in [6.07, 6.45) is -7.39. The minimum Gasteiger partial charge on any atom is -0.343 e. The lowest BCUT2D eigenvalue weighted by Crippen LogP contribution is -2.34. The number of carbonyl (C=O) groups excluding carboxylic acids is 2. The molecule has 7 nitrogen and oxygen atoms in total. The highest BCUT2D eigenvalue weighted by Crippen LogP contribution is 2.29. The molecule has 1 aromatic carbocycles. The van der Waals surface area contributed by atoms with Gasteiger partial charge in [-0.05, 0) is 31.2 Å². The summed E-state index contributed by atoms with van der Waals surface area (Å²) in [5, 5.41) is 8.12. The van der Waals surface area contributed by atoms with E-state index in [1.807, 2.05) is 0 Å². The predicted molar refractivity (Wildman–Crippen MR) is 104 cm³/mol. The molecule has 0 radical (unpaired) electrons. The van der Waals surface area contributed by atoms with E-state index >= 15 is 0 Å². The van der Waals surface area contributed by atoms with Crippen LogP contribution in [0.15, 0.2) is 48.8 Å². The number of hydrogen-bond donors (Lipinski definition) is 2. The second kappa shape index (κ2) is 8.92. The number of rotatable bonds is 5. The maximum atomic E-state index is 12.7. The van der Waals surface area contributed by atoms with Gasteiger partial charge in [0.1, 0.15) is 6.54 Å². The van der Waals surface area contributed by atoms with Crippen molar-refractivity contribution in [3.8, 4) is 5.82 Å². The van der Waals surface area contributed by atoms with Gasteiger partial charge in [-0.25, -0.2) is 9.67 Å². The van der Waals surface area contributed by atoms with Crippen molar-refractivity contribution < 1.29 is 35.9 Å². The van der Waals surface area contributed by atoms with Gasteiger partial charge in [-0.3, -0.25) is 9.59 Å². The van der Waals surface area contributed by atoms with Crippen molar-refractivity contribution in [2.45, 2.75) is 19.3 Å². The van der Waals surface area contributed by atoms with Gasteiger partial charge in [0.15, 0.2) is 5.82 Å². The van der Waals surface area contributed by atoms with E-state index in [4.69, 9.17) is 0 Å². The number of pyridine rings is 1. The van der Waals surface area contributed by atoms with Gasteiger partial charge in [0, 0.05) is 6.20 Å². The van der Waals surface area contributed by atoms with Crippen LogP contribution in [0.1, 0.15) is 32.0 Å². The number of alkyl halides is 6. The first-order chi connectivity index (χ1) is 15.4. The van der Waals surface area contributed by atoms with Gasteiger partial charge >= 0.3 is 12.4 Å². The average Bonchev–Trinajstić information content (AvgIpc) is 3.13. The number of nitrogens with zero attached hydrogens (tertiary/aromatic N) is 3. The van der Waals surface area contributed by atoms with Crippen LogP contribution in [-0.4, -0.2) is 39.3 Å². The molecule has 3 rings (SSSR count). The average molecular weight is 471 g/mol. The van der Waals surface area contributed by atoms with Gasteiger partial charge < -0.3 is 10.6 Å². The first-order valence-electron chi connectivity index (χ1n) is 9.20. The van der Waals surface area contributed by atoms with E-state index in [1.54, 1.807) is 5.32 Å². The maximum absolute atomic E-state index is 12.7. The third-order valence-corrected chi connectivity index (χ3v) is 4.42. The van der Waals surface area contributed by atoms with Crippen LogP contribution in [0.3, 0.4) is 0 Å². The normalized spacial score (nSPS) is 11.8. The Morgan fingerprint density at radius 3 is 2.24 bits per heavy atom. The van der Waals surface area contributed by atoms with Crippen LogP contribution in [-0.2, 0) is 6.18 Å². The predicted octanol–water partition coefficient (Wildman–Crippen LogP) is 4.14. The number of benzene rings is 1. The van der Waals surface area contributed by atoms with Crippen LogP contribution in [0.5, 0.6) is 0 Å². The molecule has 2 heterocycles. The van der Waals surface area contributed by atoms with E-state index < -0.39 is 36.3 Å². The molecule has 0 saturated carbocycles. The Morgan fingerprint density at radius 2 is 1.64 bits per heavy atom. The fraction of sp³-hybridized carbons (Fsp3) is 0.200. The quantitative estimate of drug-likeness (QED) is 0.548. The standard InChI is InChI=1S/C20H15F6N5O2/c1-11-14(9-29-31(11)16-7-6-12(8-27-16)20(24,25)26)18(33)30-15-5-3-2-4-13(15)17(32)28-10-19(21,22)23/h2-9H,10H2,1H3,(H,28,32)(H,30,33). The van der Waals surface area contributed by atoms with Crippen molar-refractivity contribution in [2.24, 2.45) is 0 Å². The van der Waals surface area contributed by atoms with E-state index in [1.165, 1.54) is 31.2 Å². The summed E-state index contributed by atoms with van der Waals surface area (Å²) in [5.41, 5.74) is -0.929. The fourth-order valence-electron chi connectivity index (χ4n) is 2.80. The molecule has 2 aromatic heterocycles. The zero-order valence-corrected chi connectivity index (χ0v) is 16.8. The molecule has 0 aliphatic rings. The van der Waals surface area contributed by atoms with Crippen molar-refractivity contribution in [3.05, 3.63) is 71.2 Å². The van der Waals surface area contributed by atoms with Crippen molar-refractivity contribution >= 4 is 17.5 Å². The molecule has 0 spiro atoms. The molecule has 0 bridgehead atoms. The zero-order chi connectivity index (χ0) is 24.4. The molecule has 174 valence electrons. The summed E-state index contributed by atoms with van der Waals surface area (Å²) in [6.45, 7) is -0.0661. The molecule has 2 N–H and O–H groups in total. The molecular weight excluding hydrogens is 456 g/mol. The second-order valence-corrected chi connectivity index (χ2v) is 6.76. The molecular formula is C20H15F6N5O2. The SMILES string of the molecule is Cc1c(C(=O)Nc2ccccc2C(=O)NCC(F)(F)F)cnn1-c1ccc(C(F)(F)F)cn1. The Balaban J connectivity index is 1.80. The lowest BCUT2D eigenvalue weighted by Gasteiger charge is -2.12. The Kier molecular flexibility index (Phi) is 6.42. The van der Waals surface area contributed by atoms with Crippen LogP contribution >= 0.6 is 0 Å². The van der Waals surface area contributed by atoms with Crippen LogP contribution in [0.25, 0.3) is 5.82 Å². The largest absolute Gasteiger partial charge is 0.417 e. The highest BCUT2D eigenvalue weighted by atomic mass is 19.4. The smallest absolute Gasteiger partial charge is 0.343 e. The third kappa shape index (κ3) is 5.67. The number of amides is 2. The van der Waals surface area contributed by atoms with Gasteiger partial charge in [0.05, 0.1) is 34.3 Å². The second-order valence-electron chi connectivity index (χ2n) is 6.76. The molecule has 0 aliphatic carbocycles. The Morgan fingerprint density at radius 1 is 0.939 bits per heavy atom. The number of hydrogen-bond acceptors (Lipinski definition) is 4. The molecule has 33 heavy (non-hydrogen) atoms. The molecule has 0 aliphatic heterocycles. The van der Waals surface area contributed by atoms with Gasteiger partial charge in [0.25, 0.3) is 11.8 Å². The molecule has 0 unspecified atom stereocenters. The minimum absolute atomic E-state index is 0.0159. The Bertz CT molecular complexity index is 1170. The van der Waals surface area contributed by atoms with Gasteiger partial charge in [-0.1, -0.05) is 12.1 Å². The molecule has 0 atom stereocenters. The first kappa shape index (κ1) is 23.8. The summed E-state index contributed by atoms with van der Waals surface area (Å²) in [4.78, 5) is 28.5. The number of nitrogens with one attached hydrogen (secondary N) is 2. The fourth-order valence-corrected chi connectivity index (χ4v) is 2.80. The molecule has 2 amide bonds. The summed E-state index contributed by atoms with van der Waals surface area (Å²) in [7, 11) is 0. The zero-order valence-electron chi connectivity index (χ0n) is 16.8. The van der Waals surface area contributed by atoms with Crippen molar-refractivity contribution in [1.82, 2.24) is 20.1 Å². The maximum Gasteiger partial charge on any atom is 0.417 e. The third-order valence-electron chi connectivity index (χ3n) is 4.42. The molecule has 0 fully saturated rings. The van der Waals surface area contributed by atoms with Crippen LogP contribution in [0, 0.1) is 6.92 Å². The number of carbonyl (C=O) groups is 2. The van der Waals surface area contributed by atoms with Crippen molar-refractivity contribution in [2.75, 3.05) is 11.9 Å². The monoisotopic (exact) mass is 471 g/mol. The van der Waals surface area contributed by atoms with Crippen LogP contribution in [0.2, 0.25) is 0 Å². The lowest BCUT2D eigenvalue weighted by atomic mass is 10.1. The van der Waals surface area contributed by atoms with E-state index in [9.17, 15) is 35.9 Å². The summed E-state index contributed by atoms with van der Waals surface area (Å²) in [5.74, 6) is -1.74. The number of anilines is 1. The summed E-state index contributed by atoms with van der Waals surface area (Å²) < 4.78 is 76.4.